The SMILES string of the molecule is CC/C=C\C/C=C\C/C=C\C/C=C\C/C=C\CCC(=O)OC(COC(=O)CCC/C=C\C/C=C\C/C=C\C/C=C\CCCCC)COC(=O)CCCCCCCCC/C=C\CCCCCC. The van der Waals surface area contributed by atoms with Crippen molar-refractivity contribution in [2.75, 3.05) is 13.2 Å². The Kier molecular flexibility index (Phi) is 50.0. The molecule has 66 heavy (non-hydrogen) atoms. The monoisotopic (exact) mass is 913 g/mol. The Morgan fingerprint density at radius 1 is 0.318 bits per heavy atom. The molecule has 0 aromatic heterocycles. The summed E-state index contributed by atoms with van der Waals surface area (Å²) in [7, 11) is 0. The molecule has 0 radical (unpaired) electrons. The summed E-state index contributed by atoms with van der Waals surface area (Å²) in [4.78, 5) is 38.0. The van der Waals surface area contributed by atoms with Crippen molar-refractivity contribution in [1.82, 2.24) is 0 Å². The summed E-state index contributed by atoms with van der Waals surface area (Å²) in [5.74, 6) is -1.08. The first-order chi connectivity index (χ1) is 32.5. The molecule has 0 bridgehead atoms. The Bertz CT molecular complexity index is 1420. The fraction of sp³-hybridized carbons (Fsp3) is 0.617. The van der Waals surface area contributed by atoms with Gasteiger partial charge in [0, 0.05) is 19.3 Å². The quantitative estimate of drug-likeness (QED) is 0.0262. The molecule has 6 heteroatoms. The molecule has 0 saturated carbocycles. The molecule has 0 amide bonds. The Morgan fingerprint density at radius 2 is 0.636 bits per heavy atom. The number of hydrogen-bond acceptors (Lipinski definition) is 6. The second kappa shape index (κ2) is 53.4. The molecule has 0 spiro atoms. The van der Waals surface area contributed by atoms with Gasteiger partial charge in [0.1, 0.15) is 13.2 Å². The molecule has 0 saturated heterocycles. The summed E-state index contributed by atoms with van der Waals surface area (Å²) < 4.78 is 16.7. The highest BCUT2D eigenvalue weighted by molar-refractivity contribution is 5.71. The minimum absolute atomic E-state index is 0.130. The number of unbranched alkanes of at least 4 members (excludes halogenated alkanes) is 15. The number of hydrogen-bond donors (Lipinski definition) is 0. The molecule has 0 aliphatic heterocycles. The lowest BCUT2D eigenvalue weighted by atomic mass is 10.1. The lowest BCUT2D eigenvalue weighted by Crippen LogP contribution is -2.30. The molecule has 6 nitrogen and oxygen atoms in total. The van der Waals surface area contributed by atoms with Gasteiger partial charge < -0.3 is 14.2 Å². The van der Waals surface area contributed by atoms with E-state index in [4.69, 9.17) is 14.2 Å². The smallest absolute Gasteiger partial charge is 0.306 e. The van der Waals surface area contributed by atoms with Crippen LogP contribution in [0.2, 0.25) is 0 Å². The fourth-order valence-electron chi connectivity index (χ4n) is 6.71. The maximum absolute atomic E-state index is 12.8. The van der Waals surface area contributed by atoms with Crippen LogP contribution in [0.3, 0.4) is 0 Å². The second-order valence-corrected chi connectivity index (χ2v) is 17.0. The molecule has 0 N–H and O–H groups in total. The molecule has 0 heterocycles. The van der Waals surface area contributed by atoms with Crippen molar-refractivity contribution in [3.05, 3.63) is 122 Å². The lowest BCUT2D eigenvalue weighted by molar-refractivity contribution is -0.166. The average molecular weight is 913 g/mol. The first-order valence-electron chi connectivity index (χ1n) is 26.5. The van der Waals surface area contributed by atoms with Crippen molar-refractivity contribution in [2.45, 2.75) is 226 Å². The zero-order valence-electron chi connectivity index (χ0n) is 42.4. The Morgan fingerprint density at radius 3 is 1.09 bits per heavy atom. The summed E-state index contributed by atoms with van der Waals surface area (Å²) in [6, 6.07) is 0. The topological polar surface area (TPSA) is 78.9 Å². The molecule has 0 aromatic rings. The van der Waals surface area contributed by atoms with Gasteiger partial charge in [0.05, 0.1) is 0 Å². The maximum atomic E-state index is 12.8. The van der Waals surface area contributed by atoms with Crippen LogP contribution in [0.5, 0.6) is 0 Å². The van der Waals surface area contributed by atoms with E-state index in [1.807, 2.05) is 12.2 Å². The van der Waals surface area contributed by atoms with Crippen LogP contribution in [0, 0.1) is 0 Å². The number of esters is 3. The van der Waals surface area contributed by atoms with Gasteiger partial charge in [-0.3, -0.25) is 14.4 Å². The van der Waals surface area contributed by atoms with E-state index in [0.717, 1.165) is 77.0 Å². The zero-order valence-corrected chi connectivity index (χ0v) is 42.4. The van der Waals surface area contributed by atoms with Crippen LogP contribution in [0.4, 0.5) is 0 Å². The Balaban J connectivity index is 4.61. The van der Waals surface area contributed by atoms with Gasteiger partial charge in [0.15, 0.2) is 6.10 Å². The number of rotatable bonds is 46. The van der Waals surface area contributed by atoms with E-state index in [1.165, 1.54) is 89.9 Å². The van der Waals surface area contributed by atoms with Crippen molar-refractivity contribution in [2.24, 2.45) is 0 Å². The molecular formula is C60H96O6. The molecule has 0 aliphatic carbocycles. The third-order valence-electron chi connectivity index (χ3n) is 10.7. The zero-order chi connectivity index (χ0) is 47.9. The van der Waals surface area contributed by atoms with Gasteiger partial charge in [-0.25, -0.2) is 0 Å². The number of ether oxygens (including phenoxy) is 3. The third-order valence-corrected chi connectivity index (χ3v) is 10.7. The largest absolute Gasteiger partial charge is 0.462 e. The third kappa shape index (κ3) is 50.8. The standard InChI is InChI=1S/C60H96O6/c1-4-7-10-13-16-19-22-25-28-30-33-35-38-41-44-47-50-53-59(62)65-56-57(55-64-58(61)52-49-46-43-40-37-34-31-27-24-21-18-15-12-9-6-3)66-60(63)54-51-48-45-42-39-36-32-29-26-23-20-17-14-11-8-5-2/h8,11,16-17,19-21,24-26,28-29,33,35-36,39,41,44-45,48,57H,4-7,9-10,12-15,18,22-23,27,30-32,34,37-38,40,42-43,46-47,49-56H2,1-3H3/b11-8-,19-16-,20-17-,24-21-,28-25-,29-26-,35-33-,39-36-,44-41-,48-45-. The highest BCUT2D eigenvalue weighted by atomic mass is 16.6. The Hall–Kier alpha value is -4.19. The van der Waals surface area contributed by atoms with Gasteiger partial charge in [0.25, 0.3) is 0 Å². The predicted molar refractivity (Wildman–Crippen MR) is 283 cm³/mol. The summed E-state index contributed by atoms with van der Waals surface area (Å²) in [5.41, 5.74) is 0. The van der Waals surface area contributed by atoms with Gasteiger partial charge in [-0.1, -0.05) is 206 Å². The summed E-state index contributed by atoms with van der Waals surface area (Å²) in [5, 5.41) is 0. The minimum atomic E-state index is -0.844. The van der Waals surface area contributed by atoms with E-state index in [-0.39, 0.29) is 38.0 Å². The summed E-state index contributed by atoms with van der Waals surface area (Å²) >= 11 is 0. The van der Waals surface area contributed by atoms with E-state index >= 15 is 0 Å². The average Bonchev–Trinajstić information content (AvgIpc) is 3.31. The van der Waals surface area contributed by atoms with E-state index in [0.29, 0.717) is 19.3 Å². The summed E-state index contributed by atoms with van der Waals surface area (Å²) in [6.45, 7) is 6.35. The summed E-state index contributed by atoms with van der Waals surface area (Å²) in [6.07, 6.45) is 73.4. The highest BCUT2D eigenvalue weighted by Gasteiger charge is 2.19. The second-order valence-electron chi connectivity index (χ2n) is 17.0. The van der Waals surface area contributed by atoms with Crippen LogP contribution in [-0.2, 0) is 28.6 Å². The number of carbonyl (C=O) groups excluding carboxylic acids is 3. The molecule has 0 aliphatic rings. The molecule has 0 aromatic carbocycles. The van der Waals surface area contributed by atoms with Gasteiger partial charge in [-0.2, -0.15) is 0 Å². The first kappa shape index (κ1) is 61.8. The van der Waals surface area contributed by atoms with Gasteiger partial charge >= 0.3 is 17.9 Å². The van der Waals surface area contributed by atoms with Crippen molar-refractivity contribution < 1.29 is 28.6 Å². The normalized spacial score (nSPS) is 13.1. The van der Waals surface area contributed by atoms with Crippen molar-refractivity contribution in [3.63, 3.8) is 0 Å². The van der Waals surface area contributed by atoms with Gasteiger partial charge in [0.2, 0.25) is 0 Å². The minimum Gasteiger partial charge on any atom is -0.462 e. The predicted octanol–water partition coefficient (Wildman–Crippen LogP) is 17.7. The van der Waals surface area contributed by atoms with Crippen LogP contribution < -0.4 is 0 Å². The number of allylic oxidation sites excluding steroid dienone is 20. The fourth-order valence-corrected chi connectivity index (χ4v) is 6.71. The van der Waals surface area contributed by atoms with Crippen LogP contribution in [0.1, 0.15) is 220 Å². The Labute approximate surface area is 405 Å². The molecule has 0 rings (SSSR count). The van der Waals surface area contributed by atoms with Crippen molar-refractivity contribution in [1.29, 1.82) is 0 Å². The lowest BCUT2D eigenvalue weighted by Gasteiger charge is -2.18. The van der Waals surface area contributed by atoms with Crippen LogP contribution in [0.25, 0.3) is 0 Å². The molecular weight excluding hydrogens is 817 g/mol. The van der Waals surface area contributed by atoms with Gasteiger partial charge in [-0.05, 0) is 116 Å². The molecule has 0 fully saturated rings. The van der Waals surface area contributed by atoms with E-state index in [1.54, 1.807) is 0 Å². The van der Waals surface area contributed by atoms with Crippen LogP contribution in [-0.4, -0.2) is 37.2 Å². The molecule has 1 atom stereocenters. The van der Waals surface area contributed by atoms with Crippen LogP contribution >= 0.6 is 0 Å². The highest BCUT2D eigenvalue weighted by Crippen LogP contribution is 2.12. The van der Waals surface area contributed by atoms with E-state index in [9.17, 15) is 14.4 Å². The van der Waals surface area contributed by atoms with E-state index < -0.39 is 12.1 Å². The molecule has 372 valence electrons. The van der Waals surface area contributed by atoms with Crippen LogP contribution in [0.15, 0.2) is 122 Å². The van der Waals surface area contributed by atoms with Gasteiger partial charge in [-0.15, -0.1) is 0 Å². The van der Waals surface area contributed by atoms with Crippen molar-refractivity contribution >= 4 is 17.9 Å². The number of carbonyl (C=O) groups is 3. The van der Waals surface area contributed by atoms with Crippen molar-refractivity contribution in [3.8, 4) is 0 Å². The maximum Gasteiger partial charge on any atom is 0.306 e. The first-order valence-corrected chi connectivity index (χ1v) is 26.5. The van der Waals surface area contributed by atoms with E-state index in [2.05, 4.69) is 130 Å². The molecule has 1 unspecified atom stereocenters.